The summed E-state index contributed by atoms with van der Waals surface area (Å²) in [7, 11) is -3.80. The minimum absolute atomic E-state index is 0.181. The van der Waals surface area contributed by atoms with E-state index in [2.05, 4.69) is 4.98 Å². The maximum Gasteiger partial charge on any atom is 0.244 e. The first-order chi connectivity index (χ1) is 13.4. The van der Waals surface area contributed by atoms with E-state index in [0.29, 0.717) is 31.0 Å². The standard InChI is InChI=1S/C20H23ClN2O3S2/c21-16-5-7-17(8-6-16)28(25,26)20(9-1-2-10-20)19(24)23-12-3-4-15(14-23)18-22-11-13-27-18/h5-8,11,13,15H,1-4,9-10,12,14H2. The second kappa shape index (κ2) is 7.76. The van der Waals surface area contributed by atoms with Gasteiger partial charge in [0.05, 0.1) is 9.90 Å². The van der Waals surface area contributed by atoms with Gasteiger partial charge in [0.25, 0.3) is 0 Å². The quantitative estimate of drug-likeness (QED) is 0.714. The number of thiazole rings is 1. The number of likely N-dealkylation sites (tertiary alicyclic amines) is 1. The number of amides is 1. The molecule has 0 bridgehead atoms. The van der Waals surface area contributed by atoms with E-state index in [-0.39, 0.29) is 16.7 Å². The Labute approximate surface area is 174 Å². The molecule has 4 rings (SSSR count). The van der Waals surface area contributed by atoms with Gasteiger partial charge in [0.2, 0.25) is 5.91 Å². The Morgan fingerprint density at radius 1 is 1.18 bits per heavy atom. The fraction of sp³-hybridized carbons (Fsp3) is 0.500. The maximum atomic E-state index is 13.6. The van der Waals surface area contributed by atoms with Gasteiger partial charge in [-0.1, -0.05) is 24.4 Å². The lowest BCUT2D eigenvalue weighted by Gasteiger charge is -2.38. The lowest BCUT2D eigenvalue weighted by atomic mass is 9.96. The summed E-state index contributed by atoms with van der Waals surface area (Å²) in [6, 6.07) is 6.17. The highest BCUT2D eigenvalue weighted by Crippen LogP contribution is 2.43. The Morgan fingerprint density at radius 2 is 1.89 bits per heavy atom. The number of benzene rings is 1. The van der Waals surface area contributed by atoms with Crippen LogP contribution in [-0.2, 0) is 14.6 Å². The normalized spacial score (nSPS) is 22.3. The first-order valence-electron chi connectivity index (χ1n) is 9.63. The summed E-state index contributed by atoms with van der Waals surface area (Å²) in [4.78, 5) is 20.0. The molecule has 28 heavy (non-hydrogen) atoms. The van der Waals surface area contributed by atoms with Crippen LogP contribution in [0.15, 0.2) is 40.7 Å². The van der Waals surface area contributed by atoms with Crippen LogP contribution in [0.5, 0.6) is 0 Å². The zero-order chi connectivity index (χ0) is 19.8. The van der Waals surface area contributed by atoms with Gasteiger partial charge in [-0.05, 0) is 49.9 Å². The molecule has 2 fully saturated rings. The molecule has 1 amide bonds. The summed E-state index contributed by atoms with van der Waals surface area (Å²) in [5.74, 6) is -0.0457. The van der Waals surface area contributed by atoms with Crippen LogP contribution in [-0.4, -0.2) is 42.0 Å². The number of rotatable bonds is 4. The maximum absolute atomic E-state index is 13.6. The smallest absolute Gasteiger partial charge is 0.244 e. The number of sulfone groups is 1. The first-order valence-corrected chi connectivity index (χ1v) is 12.4. The van der Waals surface area contributed by atoms with Crippen molar-refractivity contribution in [2.24, 2.45) is 0 Å². The van der Waals surface area contributed by atoms with Crippen LogP contribution in [0.3, 0.4) is 0 Å². The van der Waals surface area contributed by atoms with Crippen molar-refractivity contribution in [3.05, 3.63) is 45.9 Å². The molecule has 1 unspecified atom stereocenters. The van der Waals surface area contributed by atoms with Crippen molar-refractivity contribution in [1.82, 2.24) is 9.88 Å². The summed E-state index contributed by atoms with van der Waals surface area (Å²) in [6.45, 7) is 1.16. The summed E-state index contributed by atoms with van der Waals surface area (Å²) >= 11 is 7.53. The minimum atomic E-state index is -3.80. The molecule has 0 N–H and O–H groups in total. The van der Waals surface area contributed by atoms with Gasteiger partial charge in [0, 0.05) is 35.6 Å². The molecule has 0 spiro atoms. The predicted octanol–water partition coefficient (Wildman–Crippen LogP) is 4.29. The number of nitrogens with zero attached hydrogens (tertiary/aromatic N) is 2. The molecular formula is C20H23ClN2O3S2. The molecule has 2 aliphatic rings. The second-order valence-corrected chi connectivity index (χ2v) is 11.2. The molecular weight excluding hydrogens is 416 g/mol. The zero-order valence-electron chi connectivity index (χ0n) is 15.5. The van der Waals surface area contributed by atoms with Crippen molar-refractivity contribution < 1.29 is 13.2 Å². The number of hydrogen-bond acceptors (Lipinski definition) is 5. The molecule has 1 aromatic heterocycles. The zero-order valence-corrected chi connectivity index (χ0v) is 17.9. The molecule has 1 saturated heterocycles. The third kappa shape index (κ3) is 3.37. The van der Waals surface area contributed by atoms with Gasteiger partial charge < -0.3 is 4.90 Å². The number of halogens is 1. The second-order valence-electron chi connectivity index (χ2n) is 7.62. The molecule has 1 atom stereocenters. The molecule has 1 aliphatic carbocycles. The van der Waals surface area contributed by atoms with E-state index < -0.39 is 14.6 Å². The van der Waals surface area contributed by atoms with Gasteiger partial charge in [-0.25, -0.2) is 13.4 Å². The minimum Gasteiger partial charge on any atom is -0.341 e. The van der Waals surface area contributed by atoms with Gasteiger partial charge in [0.1, 0.15) is 0 Å². The van der Waals surface area contributed by atoms with Crippen LogP contribution in [0.2, 0.25) is 5.02 Å². The highest BCUT2D eigenvalue weighted by molar-refractivity contribution is 7.93. The van der Waals surface area contributed by atoms with Crippen molar-refractivity contribution in [1.29, 1.82) is 0 Å². The largest absolute Gasteiger partial charge is 0.341 e. The number of hydrogen-bond donors (Lipinski definition) is 0. The Morgan fingerprint density at radius 3 is 2.54 bits per heavy atom. The van der Waals surface area contributed by atoms with Crippen LogP contribution < -0.4 is 0 Å². The molecule has 1 aromatic carbocycles. The summed E-state index contributed by atoms with van der Waals surface area (Å²) in [5.41, 5.74) is 0. The van der Waals surface area contributed by atoms with Gasteiger partial charge in [0.15, 0.2) is 14.6 Å². The summed E-state index contributed by atoms with van der Waals surface area (Å²) in [6.07, 6.45) is 5.90. The molecule has 1 aliphatic heterocycles. The first kappa shape index (κ1) is 19.9. The van der Waals surface area contributed by atoms with E-state index in [4.69, 9.17) is 11.6 Å². The average Bonchev–Trinajstić information content (AvgIpc) is 3.41. The molecule has 8 heteroatoms. The van der Waals surface area contributed by atoms with E-state index in [1.165, 1.54) is 12.1 Å². The van der Waals surface area contributed by atoms with Crippen molar-refractivity contribution in [3.63, 3.8) is 0 Å². The van der Waals surface area contributed by atoms with Crippen LogP contribution in [0.25, 0.3) is 0 Å². The number of piperidine rings is 1. The van der Waals surface area contributed by atoms with E-state index in [0.717, 1.165) is 30.7 Å². The predicted molar refractivity (Wildman–Crippen MR) is 111 cm³/mol. The van der Waals surface area contributed by atoms with Crippen LogP contribution in [0.4, 0.5) is 0 Å². The van der Waals surface area contributed by atoms with E-state index in [1.807, 2.05) is 5.38 Å². The van der Waals surface area contributed by atoms with E-state index in [9.17, 15) is 13.2 Å². The molecule has 1 saturated carbocycles. The molecule has 2 heterocycles. The van der Waals surface area contributed by atoms with Crippen molar-refractivity contribution in [2.45, 2.75) is 54.1 Å². The van der Waals surface area contributed by atoms with Gasteiger partial charge in [-0.2, -0.15) is 0 Å². The van der Waals surface area contributed by atoms with Crippen molar-refractivity contribution >= 4 is 38.7 Å². The SMILES string of the molecule is O=C(N1CCCC(c2nccs2)C1)C1(S(=O)(=O)c2ccc(Cl)cc2)CCCC1. The number of aromatic nitrogens is 1. The number of carbonyl (C=O) groups excluding carboxylic acids is 1. The molecule has 0 radical (unpaired) electrons. The topological polar surface area (TPSA) is 67.3 Å². The lowest BCUT2D eigenvalue weighted by Crippen LogP contribution is -2.54. The highest BCUT2D eigenvalue weighted by Gasteiger charge is 2.54. The average molecular weight is 439 g/mol. The van der Waals surface area contributed by atoms with E-state index in [1.54, 1.807) is 34.6 Å². The van der Waals surface area contributed by atoms with Crippen LogP contribution >= 0.6 is 22.9 Å². The lowest BCUT2D eigenvalue weighted by molar-refractivity contribution is -0.135. The molecule has 2 aromatic rings. The third-order valence-electron chi connectivity index (χ3n) is 5.95. The van der Waals surface area contributed by atoms with Crippen molar-refractivity contribution in [3.8, 4) is 0 Å². The fourth-order valence-electron chi connectivity index (χ4n) is 4.47. The molecule has 150 valence electrons. The van der Waals surface area contributed by atoms with E-state index >= 15 is 0 Å². The highest BCUT2D eigenvalue weighted by atomic mass is 35.5. The summed E-state index contributed by atoms with van der Waals surface area (Å²) < 4.78 is 25.8. The third-order valence-corrected chi connectivity index (χ3v) is 9.64. The van der Waals surface area contributed by atoms with Crippen molar-refractivity contribution in [2.75, 3.05) is 13.1 Å². The van der Waals surface area contributed by atoms with Gasteiger partial charge in [-0.3, -0.25) is 4.79 Å². The Bertz CT molecular complexity index is 936. The van der Waals surface area contributed by atoms with Gasteiger partial charge in [-0.15, -0.1) is 11.3 Å². The monoisotopic (exact) mass is 438 g/mol. The van der Waals surface area contributed by atoms with Crippen LogP contribution in [0.1, 0.15) is 49.5 Å². The number of carbonyl (C=O) groups is 1. The Balaban J connectivity index is 1.65. The fourth-order valence-corrected chi connectivity index (χ4v) is 7.49. The molecule has 5 nitrogen and oxygen atoms in total. The summed E-state index contributed by atoms with van der Waals surface area (Å²) in [5, 5.41) is 3.45. The van der Waals surface area contributed by atoms with Crippen LogP contribution in [0, 0.1) is 0 Å². The Hall–Kier alpha value is -1.44. The van der Waals surface area contributed by atoms with Gasteiger partial charge >= 0.3 is 0 Å². The Kier molecular flexibility index (Phi) is 5.51.